The molecule has 2 aliphatic heterocycles. The number of phenolic OH excluding ortho intramolecular Hbond substituents is 2. The average molecular weight is 426 g/mol. The normalized spacial score (nSPS) is 16.8. The Labute approximate surface area is 180 Å². The van der Waals surface area contributed by atoms with Crippen LogP contribution in [-0.2, 0) is 19.5 Å². The van der Waals surface area contributed by atoms with Crippen molar-refractivity contribution < 1.29 is 14.7 Å². The van der Waals surface area contributed by atoms with Gasteiger partial charge in [-0.15, -0.1) is 0 Å². The van der Waals surface area contributed by atoms with Crippen LogP contribution in [0, 0.1) is 0 Å². The van der Waals surface area contributed by atoms with Crippen molar-refractivity contribution in [2.45, 2.75) is 32.4 Å². The Morgan fingerprint density at radius 1 is 1.03 bits per heavy atom. The van der Waals surface area contributed by atoms with Crippen LogP contribution in [0.4, 0.5) is 5.69 Å². The number of anilines is 1. The lowest BCUT2D eigenvalue weighted by molar-refractivity contribution is 0.245. The molecule has 7 heteroatoms. The van der Waals surface area contributed by atoms with Crippen LogP contribution < -0.4 is 4.90 Å². The molecule has 1 saturated heterocycles. The van der Waals surface area contributed by atoms with Gasteiger partial charge in [-0.1, -0.05) is 28.9 Å². The number of hydrogen-bond donors (Lipinski definition) is 2. The third-order valence-corrected chi connectivity index (χ3v) is 6.32. The largest absolute Gasteiger partial charge is 0.507 e. The molecule has 0 radical (unpaired) electrons. The fourth-order valence-electron chi connectivity index (χ4n) is 4.43. The standard InChI is InChI=1S/C23H24ClN3O3/c24-19-11-17(21(28)12-22(19)29)23-18-14-26(9-6-20(18)25-30-23)13-15-4-3-5-16(10-15)27-7-1-2-8-27/h3-5,10-12,28-29H,1-2,6-9,13-14H2. The van der Waals surface area contributed by atoms with Crippen molar-refractivity contribution in [2.75, 3.05) is 24.5 Å². The van der Waals surface area contributed by atoms with Crippen molar-refractivity contribution in [1.82, 2.24) is 10.1 Å². The Hall–Kier alpha value is -2.70. The van der Waals surface area contributed by atoms with Gasteiger partial charge >= 0.3 is 0 Å². The zero-order valence-electron chi connectivity index (χ0n) is 16.6. The van der Waals surface area contributed by atoms with Crippen LogP contribution in [-0.4, -0.2) is 39.9 Å². The van der Waals surface area contributed by atoms with E-state index in [-0.39, 0.29) is 16.5 Å². The van der Waals surface area contributed by atoms with Crippen molar-refractivity contribution in [1.29, 1.82) is 0 Å². The van der Waals surface area contributed by atoms with Crippen molar-refractivity contribution in [3.63, 3.8) is 0 Å². The highest BCUT2D eigenvalue weighted by molar-refractivity contribution is 6.32. The van der Waals surface area contributed by atoms with Crippen LogP contribution in [0.15, 0.2) is 40.9 Å². The zero-order chi connectivity index (χ0) is 20.7. The van der Waals surface area contributed by atoms with Gasteiger partial charge in [0.25, 0.3) is 0 Å². The monoisotopic (exact) mass is 425 g/mol. The maximum absolute atomic E-state index is 10.3. The first-order valence-corrected chi connectivity index (χ1v) is 10.7. The van der Waals surface area contributed by atoms with E-state index in [0.717, 1.165) is 43.9 Å². The van der Waals surface area contributed by atoms with Gasteiger partial charge in [-0.25, -0.2) is 0 Å². The second-order valence-electron chi connectivity index (χ2n) is 8.08. The Bertz CT molecular complexity index is 1080. The highest BCUT2D eigenvalue weighted by Gasteiger charge is 2.27. The molecule has 30 heavy (non-hydrogen) atoms. The molecule has 3 heterocycles. The summed E-state index contributed by atoms with van der Waals surface area (Å²) in [5.41, 5.74) is 4.92. The first kappa shape index (κ1) is 19.3. The average Bonchev–Trinajstić information content (AvgIpc) is 3.41. The van der Waals surface area contributed by atoms with Crippen LogP contribution in [0.25, 0.3) is 11.3 Å². The lowest BCUT2D eigenvalue weighted by atomic mass is 10.00. The Morgan fingerprint density at radius 2 is 1.87 bits per heavy atom. The zero-order valence-corrected chi connectivity index (χ0v) is 17.4. The maximum Gasteiger partial charge on any atom is 0.175 e. The Kier molecular flexibility index (Phi) is 5.05. The molecule has 0 saturated carbocycles. The van der Waals surface area contributed by atoms with E-state index in [1.807, 2.05) is 0 Å². The summed E-state index contributed by atoms with van der Waals surface area (Å²) in [7, 11) is 0. The Balaban J connectivity index is 1.38. The van der Waals surface area contributed by atoms with Gasteiger partial charge in [0.1, 0.15) is 11.5 Å². The lowest BCUT2D eigenvalue weighted by Crippen LogP contribution is -2.30. The van der Waals surface area contributed by atoms with Gasteiger partial charge in [0, 0.05) is 56.5 Å². The van der Waals surface area contributed by atoms with E-state index in [1.165, 1.54) is 36.2 Å². The van der Waals surface area contributed by atoms with Crippen LogP contribution >= 0.6 is 11.6 Å². The molecule has 0 amide bonds. The number of benzene rings is 2. The smallest absolute Gasteiger partial charge is 0.175 e. The minimum Gasteiger partial charge on any atom is -0.507 e. The van der Waals surface area contributed by atoms with Gasteiger partial charge in [0.2, 0.25) is 0 Å². The lowest BCUT2D eigenvalue weighted by Gasteiger charge is -2.27. The van der Waals surface area contributed by atoms with E-state index in [0.29, 0.717) is 17.9 Å². The van der Waals surface area contributed by atoms with E-state index in [2.05, 4.69) is 39.2 Å². The fourth-order valence-corrected chi connectivity index (χ4v) is 4.60. The van der Waals surface area contributed by atoms with E-state index in [1.54, 1.807) is 0 Å². The van der Waals surface area contributed by atoms with Gasteiger partial charge in [0.05, 0.1) is 16.3 Å². The van der Waals surface area contributed by atoms with Crippen molar-refractivity contribution in [2.24, 2.45) is 0 Å². The summed E-state index contributed by atoms with van der Waals surface area (Å²) in [4.78, 5) is 4.82. The number of hydrogen-bond acceptors (Lipinski definition) is 6. The summed E-state index contributed by atoms with van der Waals surface area (Å²) in [5.74, 6) is 0.275. The van der Waals surface area contributed by atoms with Crippen molar-refractivity contribution >= 4 is 17.3 Å². The molecule has 0 atom stereocenters. The quantitative estimate of drug-likeness (QED) is 0.638. The number of nitrogens with zero attached hydrogens (tertiary/aromatic N) is 3. The molecule has 5 rings (SSSR count). The predicted molar refractivity (Wildman–Crippen MR) is 116 cm³/mol. The van der Waals surface area contributed by atoms with Crippen LogP contribution in [0.2, 0.25) is 5.02 Å². The van der Waals surface area contributed by atoms with Gasteiger partial charge in [-0.2, -0.15) is 0 Å². The number of rotatable bonds is 4. The molecule has 0 aliphatic carbocycles. The minimum atomic E-state index is -0.161. The van der Waals surface area contributed by atoms with E-state index in [9.17, 15) is 10.2 Å². The minimum absolute atomic E-state index is 0.0775. The topological polar surface area (TPSA) is 73.0 Å². The van der Waals surface area contributed by atoms with Gasteiger partial charge < -0.3 is 19.6 Å². The summed E-state index contributed by atoms with van der Waals surface area (Å²) < 4.78 is 5.58. The van der Waals surface area contributed by atoms with Gasteiger partial charge in [-0.3, -0.25) is 4.90 Å². The molecule has 2 aliphatic rings. The second-order valence-corrected chi connectivity index (χ2v) is 8.49. The molecule has 6 nitrogen and oxygen atoms in total. The van der Waals surface area contributed by atoms with Crippen LogP contribution in [0.5, 0.6) is 11.5 Å². The number of aromatic hydroxyl groups is 2. The third-order valence-electron chi connectivity index (χ3n) is 6.01. The van der Waals surface area contributed by atoms with E-state index < -0.39 is 0 Å². The molecular formula is C23H24ClN3O3. The summed E-state index contributed by atoms with van der Waals surface area (Å²) >= 11 is 6.05. The molecule has 2 N–H and O–H groups in total. The van der Waals surface area contributed by atoms with Crippen molar-refractivity contribution in [3.8, 4) is 22.8 Å². The highest BCUT2D eigenvalue weighted by atomic mass is 35.5. The molecule has 3 aromatic rings. The maximum atomic E-state index is 10.3. The van der Waals surface area contributed by atoms with Crippen LogP contribution in [0.3, 0.4) is 0 Å². The fraction of sp³-hybridized carbons (Fsp3) is 0.348. The molecule has 2 aromatic carbocycles. The van der Waals surface area contributed by atoms with Gasteiger partial charge in [0.15, 0.2) is 5.76 Å². The number of phenols is 2. The van der Waals surface area contributed by atoms with E-state index in [4.69, 9.17) is 16.1 Å². The summed E-state index contributed by atoms with van der Waals surface area (Å²) in [6.07, 6.45) is 3.32. The highest BCUT2D eigenvalue weighted by Crippen LogP contribution is 2.40. The molecule has 0 bridgehead atoms. The van der Waals surface area contributed by atoms with Crippen molar-refractivity contribution in [3.05, 3.63) is 58.2 Å². The number of aromatic nitrogens is 1. The third kappa shape index (κ3) is 3.61. The first-order chi connectivity index (χ1) is 14.6. The summed E-state index contributed by atoms with van der Waals surface area (Å²) in [5, 5.41) is 24.4. The second kappa shape index (κ2) is 7.85. The van der Waals surface area contributed by atoms with Crippen LogP contribution in [0.1, 0.15) is 29.7 Å². The summed E-state index contributed by atoms with van der Waals surface area (Å²) in [6, 6.07) is 11.6. The molecule has 0 spiro atoms. The predicted octanol–water partition coefficient (Wildman–Crippen LogP) is 4.56. The molecule has 156 valence electrons. The SMILES string of the molecule is Oc1cc(O)c(-c2onc3c2CN(Cc2cccc(N4CCCC4)c2)CC3)cc1Cl. The molecule has 1 aromatic heterocycles. The number of halogens is 1. The Morgan fingerprint density at radius 3 is 2.70 bits per heavy atom. The first-order valence-electron chi connectivity index (χ1n) is 10.3. The van der Waals surface area contributed by atoms with Gasteiger partial charge in [-0.05, 0) is 36.6 Å². The molecule has 0 unspecified atom stereocenters. The molecular weight excluding hydrogens is 402 g/mol. The summed E-state index contributed by atoms with van der Waals surface area (Å²) in [6.45, 7) is 4.70. The molecule has 1 fully saturated rings. The number of fused-ring (bicyclic) bond motifs is 1. The van der Waals surface area contributed by atoms with E-state index >= 15 is 0 Å².